The molecule has 0 spiro atoms. The zero-order valence-corrected chi connectivity index (χ0v) is 15.9. The van der Waals surface area contributed by atoms with Crippen LogP contribution in [0.4, 0.5) is 0 Å². The van der Waals surface area contributed by atoms with Gasteiger partial charge in [0.25, 0.3) is 0 Å². The van der Waals surface area contributed by atoms with Crippen molar-refractivity contribution in [2.45, 2.75) is 76.9 Å². The van der Waals surface area contributed by atoms with Crippen molar-refractivity contribution in [1.29, 1.82) is 0 Å². The minimum absolute atomic E-state index is 0.0703. The lowest BCUT2D eigenvalue weighted by molar-refractivity contribution is -0.206. The van der Waals surface area contributed by atoms with E-state index < -0.39 is 29.5 Å². The van der Waals surface area contributed by atoms with E-state index in [-0.39, 0.29) is 11.3 Å². The highest BCUT2D eigenvalue weighted by molar-refractivity contribution is 5.89. The highest BCUT2D eigenvalue weighted by atomic mass is 16.3. The summed E-state index contributed by atoms with van der Waals surface area (Å²) in [6.07, 6.45) is 5.11. The third-order valence-electron chi connectivity index (χ3n) is 9.33. The number of Topliss-reactive ketones (excluding diaryl/α,β-unsaturated/α-hetero) is 2. The predicted molar refractivity (Wildman–Crippen MR) is 95.2 cm³/mol. The lowest BCUT2D eigenvalue weighted by Crippen LogP contribution is -2.64. The first kappa shape index (κ1) is 18.6. The summed E-state index contributed by atoms with van der Waals surface area (Å²) in [4.78, 5) is 24.3. The van der Waals surface area contributed by atoms with Crippen LogP contribution < -0.4 is 0 Å². The molecule has 0 radical (unpaired) electrons. The first-order valence-corrected chi connectivity index (χ1v) is 10.2. The first-order chi connectivity index (χ1) is 12.2. The van der Waals surface area contributed by atoms with E-state index >= 15 is 0 Å². The van der Waals surface area contributed by atoms with Gasteiger partial charge in [-0.25, -0.2) is 0 Å². The van der Waals surface area contributed by atoms with Crippen LogP contribution in [0.25, 0.3) is 0 Å². The summed E-state index contributed by atoms with van der Waals surface area (Å²) in [5, 5.41) is 31.7. The van der Waals surface area contributed by atoms with E-state index in [0.717, 1.165) is 25.7 Å². The standard InChI is InChI=1S/C21H32O5/c1-19-7-5-13(23)9-12(19)3-4-14-15-6-8-21(26,18(25)11-22)20(15,2)17(24)10-16(14)19/h12,14-17,22,24,26H,3-11H2,1-2H3. The topological polar surface area (TPSA) is 94.8 Å². The van der Waals surface area contributed by atoms with Crippen molar-refractivity contribution in [2.75, 3.05) is 6.61 Å². The fourth-order valence-corrected chi connectivity index (χ4v) is 7.63. The van der Waals surface area contributed by atoms with Crippen LogP contribution in [0.15, 0.2) is 0 Å². The van der Waals surface area contributed by atoms with Crippen molar-refractivity contribution in [2.24, 2.45) is 34.5 Å². The molecule has 0 heterocycles. The molecule has 8 atom stereocenters. The Bertz CT molecular complexity index is 632. The largest absolute Gasteiger partial charge is 0.392 e. The Morgan fingerprint density at radius 1 is 1.15 bits per heavy atom. The monoisotopic (exact) mass is 364 g/mol. The van der Waals surface area contributed by atoms with Crippen molar-refractivity contribution in [3.05, 3.63) is 0 Å². The number of aliphatic hydroxyl groups is 3. The zero-order chi connectivity index (χ0) is 18.9. The molecule has 0 aliphatic heterocycles. The summed E-state index contributed by atoms with van der Waals surface area (Å²) in [6, 6.07) is 0. The van der Waals surface area contributed by atoms with Gasteiger partial charge in [-0.2, -0.15) is 0 Å². The van der Waals surface area contributed by atoms with Crippen LogP contribution in [0.1, 0.15) is 65.2 Å². The number of ketones is 2. The van der Waals surface area contributed by atoms with Crippen molar-refractivity contribution < 1.29 is 24.9 Å². The van der Waals surface area contributed by atoms with Gasteiger partial charge in [0.2, 0.25) is 0 Å². The van der Waals surface area contributed by atoms with Crippen LogP contribution in [0, 0.1) is 34.5 Å². The molecule has 3 N–H and O–H groups in total. The van der Waals surface area contributed by atoms with E-state index in [0.29, 0.717) is 49.2 Å². The molecule has 0 saturated heterocycles. The second-order valence-electron chi connectivity index (χ2n) is 9.91. The number of rotatable bonds is 2. The van der Waals surface area contributed by atoms with Gasteiger partial charge >= 0.3 is 0 Å². The number of carbonyl (C=O) groups excluding carboxylic acids is 2. The molecule has 0 amide bonds. The summed E-state index contributed by atoms with van der Waals surface area (Å²) < 4.78 is 0. The second-order valence-corrected chi connectivity index (χ2v) is 9.91. The second kappa shape index (κ2) is 5.86. The van der Waals surface area contributed by atoms with Crippen molar-refractivity contribution in [3.63, 3.8) is 0 Å². The highest BCUT2D eigenvalue weighted by Gasteiger charge is 2.69. The average molecular weight is 364 g/mol. The zero-order valence-electron chi connectivity index (χ0n) is 15.9. The smallest absolute Gasteiger partial charge is 0.190 e. The fraction of sp³-hybridized carbons (Fsp3) is 0.905. The van der Waals surface area contributed by atoms with Crippen molar-refractivity contribution in [3.8, 4) is 0 Å². The van der Waals surface area contributed by atoms with Gasteiger partial charge in [0.15, 0.2) is 5.78 Å². The average Bonchev–Trinajstić information content (AvgIpc) is 2.90. The van der Waals surface area contributed by atoms with E-state index in [9.17, 15) is 24.9 Å². The Morgan fingerprint density at radius 3 is 2.58 bits per heavy atom. The normalized spacial score (nSPS) is 53.6. The molecule has 0 aromatic rings. The van der Waals surface area contributed by atoms with Crippen LogP contribution in [0.3, 0.4) is 0 Å². The Kier molecular flexibility index (Phi) is 4.18. The van der Waals surface area contributed by atoms with Crippen LogP contribution >= 0.6 is 0 Å². The van der Waals surface area contributed by atoms with Gasteiger partial charge in [0, 0.05) is 18.3 Å². The molecule has 5 heteroatoms. The van der Waals surface area contributed by atoms with E-state index in [2.05, 4.69) is 6.92 Å². The molecule has 0 aromatic carbocycles. The molecular weight excluding hydrogens is 332 g/mol. The Hall–Kier alpha value is -0.780. The molecule has 4 aliphatic carbocycles. The van der Waals surface area contributed by atoms with Gasteiger partial charge in [-0.1, -0.05) is 13.8 Å². The minimum atomic E-state index is -1.63. The predicted octanol–water partition coefficient (Wildman–Crippen LogP) is 1.86. The molecule has 4 saturated carbocycles. The quantitative estimate of drug-likeness (QED) is 0.695. The van der Waals surface area contributed by atoms with Gasteiger partial charge in [-0.15, -0.1) is 0 Å². The maximum absolute atomic E-state index is 12.4. The van der Waals surface area contributed by atoms with Gasteiger partial charge in [0.05, 0.1) is 6.10 Å². The van der Waals surface area contributed by atoms with Crippen LogP contribution in [0.2, 0.25) is 0 Å². The summed E-state index contributed by atoms with van der Waals surface area (Å²) >= 11 is 0. The van der Waals surface area contributed by atoms with E-state index in [1.54, 1.807) is 0 Å². The van der Waals surface area contributed by atoms with E-state index in [4.69, 9.17) is 0 Å². The maximum atomic E-state index is 12.4. The summed E-state index contributed by atoms with van der Waals surface area (Å²) in [7, 11) is 0. The van der Waals surface area contributed by atoms with Crippen LogP contribution in [0.5, 0.6) is 0 Å². The molecule has 5 nitrogen and oxygen atoms in total. The Morgan fingerprint density at radius 2 is 1.88 bits per heavy atom. The van der Waals surface area contributed by atoms with Crippen LogP contribution in [-0.4, -0.2) is 45.2 Å². The molecule has 4 aliphatic rings. The SMILES string of the molecule is CC12CCC(=O)CC1CCC1C2CC(O)C2(C)C1CCC2(O)C(=O)CO. The van der Waals surface area contributed by atoms with Crippen molar-refractivity contribution in [1.82, 2.24) is 0 Å². The third kappa shape index (κ3) is 2.14. The molecule has 26 heavy (non-hydrogen) atoms. The summed E-state index contributed by atoms with van der Waals surface area (Å²) in [5.41, 5.74) is -2.44. The van der Waals surface area contributed by atoms with Gasteiger partial charge in [-0.05, 0) is 67.6 Å². The van der Waals surface area contributed by atoms with Gasteiger partial charge in [0.1, 0.15) is 18.0 Å². The highest BCUT2D eigenvalue weighted by Crippen LogP contribution is 2.68. The van der Waals surface area contributed by atoms with Gasteiger partial charge in [-0.3, -0.25) is 9.59 Å². The first-order valence-electron chi connectivity index (χ1n) is 10.2. The third-order valence-corrected chi connectivity index (χ3v) is 9.33. The minimum Gasteiger partial charge on any atom is -0.392 e. The molecule has 146 valence electrons. The molecule has 4 fully saturated rings. The number of hydrogen-bond donors (Lipinski definition) is 3. The maximum Gasteiger partial charge on any atom is 0.190 e. The number of aliphatic hydroxyl groups excluding tert-OH is 2. The summed E-state index contributed by atoms with van der Waals surface area (Å²) in [5.74, 6) is 1.03. The Labute approximate surface area is 155 Å². The lowest BCUT2D eigenvalue weighted by Gasteiger charge is -2.62. The van der Waals surface area contributed by atoms with Crippen molar-refractivity contribution >= 4 is 11.6 Å². The molecule has 0 aromatic heterocycles. The van der Waals surface area contributed by atoms with Gasteiger partial charge < -0.3 is 15.3 Å². The van der Waals surface area contributed by atoms with E-state index in [1.807, 2.05) is 6.92 Å². The number of carbonyl (C=O) groups is 2. The van der Waals surface area contributed by atoms with Crippen LogP contribution in [-0.2, 0) is 9.59 Å². The Balaban J connectivity index is 1.70. The summed E-state index contributed by atoms with van der Waals surface area (Å²) in [6.45, 7) is 3.48. The lowest BCUT2D eigenvalue weighted by atomic mass is 9.43. The molecule has 0 bridgehead atoms. The molecular formula is C21H32O5. The number of hydrogen-bond acceptors (Lipinski definition) is 5. The fourth-order valence-electron chi connectivity index (χ4n) is 7.63. The molecule has 4 rings (SSSR count). The number of fused-ring (bicyclic) bond motifs is 5. The van der Waals surface area contributed by atoms with E-state index in [1.165, 1.54) is 0 Å². The molecule has 8 unspecified atom stereocenters.